The molecule has 1 amide bonds. The molecule has 7 heteroatoms. The van der Waals surface area contributed by atoms with Gasteiger partial charge in [-0.05, 0) is 31.2 Å². The van der Waals surface area contributed by atoms with Crippen LogP contribution in [0, 0.1) is 10.1 Å². The van der Waals surface area contributed by atoms with Crippen molar-refractivity contribution in [1.82, 2.24) is 0 Å². The molecule has 0 heterocycles. The lowest BCUT2D eigenvalue weighted by molar-refractivity contribution is -0.384. The molecule has 0 aliphatic heterocycles. The van der Waals surface area contributed by atoms with Gasteiger partial charge in [0.25, 0.3) is 5.69 Å². The molecule has 0 spiro atoms. The second kappa shape index (κ2) is 5.08. The van der Waals surface area contributed by atoms with Crippen LogP contribution in [0.25, 0.3) is 0 Å². The summed E-state index contributed by atoms with van der Waals surface area (Å²) in [6, 6.07) is 4.12. The molecular weight excluding hydrogens is 266 g/mol. The number of hydrogen-bond acceptors (Lipinski definition) is 5. The lowest BCUT2D eigenvalue weighted by Gasteiger charge is -2.14. The van der Waals surface area contributed by atoms with Crippen LogP contribution in [0.1, 0.15) is 23.2 Å². The number of nitro benzene ring substituents is 1. The van der Waals surface area contributed by atoms with Gasteiger partial charge in [-0.25, -0.2) is 0 Å². The summed E-state index contributed by atoms with van der Waals surface area (Å²) in [5.41, 5.74) is 5.76. The van der Waals surface area contributed by atoms with E-state index < -0.39 is 10.8 Å². The SMILES string of the molecule is CSC1(CNc2cc(C(N)=O)ccc2[N+](=O)[O-])CC1. The summed E-state index contributed by atoms with van der Waals surface area (Å²) in [6.07, 6.45) is 4.23. The van der Waals surface area contributed by atoms with Crippen molar-refractivity contribution in [1.29, 1.82) is 0 Å². The number of anilines is 1. The number of primary amides is 1. The summed E-state index contributed by atoms with van der Waals surface area (Å²) < 4.78 is 0.177. The Hall–Kier alpha value is -1.76. The fraction of sp³-hybridized carbons (Fsp3) is 0.417. The predicted molar refractivity (Wildman–Crippen MR) is 75.6 cm³/mol. The molecule has 2 rings (SSSR count). The van der Waals surface area contributed by atoms with Crippen molar-refractivity contribution in [3.63, 3.8) is 0 Å². The molecule has 3 N–H and O–H groups in total. The highest BCUT2D eigenvalue weighted by Gasteiger charge is 2.41. The monoisotopic (exact) mass is 281 g/mol. The summed E-state index contributed by atoms with van der Waals surface area (Å²) in [5.74, 6) is -0.594. The molecule has 1 aliphatic carbocycles. The van der Waals surface area contributed by atoms with Crippen LogP contribution in [0.15, 0.2) is 18.2 Å². The van der Waals surface area contributed by atoms with Crippen LogP contribution in [0.5, 0.6) is 0 Å². The fourth-order valence-electron chi connectivity index (χ4n) is 1.84. The number of carbonyl (C=O) groups is 1. The van der Waals surface area contributed by atoms with Gasteiger partial charge in [0, 0.05) is 22.9 Å². The van der Waals surface area contributed by atoms with E-state index in [9.17, 15) is 14.9 Å². The van der Waals surface area contributed by atoms with Gasteiger partial charge in [0.2, 0.25) is 5.91 Å². The highest BCUT2D eigenvalue weighted by atomic mass is 32.2. The van der Waals surface area contributed by atoms with Crippen molar-refractivity contribution >= 4 is 29.0 Å². The van der Waals surface area contributed by atoms with E-state index in [-0.39, 0.29) is 16.0 Å². The molecule has 1 aromatic rings. The zero-order chi connectivity index (χ0) is 14.0. The van der Waals surface area contributed by atoms with Crippen LogP contribution < -0.4 is 11.1 Å². The van der Waals surface area contributed by atoms with Gasteiger partial charge < -0.3 is 11.1 Å². The smallest absolute Gasteiger partial charge is 0.292 e. The third-order valence-corrected chi connectivity index (χ3v) is 4.74. The van der Waals surface area contributed by atoms with Crippen LogP contribution in [0.2, 0.25) is 0 Å². The average molecular weight is 281 g/mol. The van der Waals surface area contributed by atoms with Gasteiger partial charge in [-0.1, -0.05) is 0 Å². The van der Waals surface area contributed by atoms with Gasteiger partial charge in [0.05, 0.1) is 4.92 Å². The molecule has 19 heavy (non-hydrogen) atoms. The zero-order valence-corrected chi connectivity index (χ0v) is 11.3. The molecule has 0 saturated heterocycles. The van der Waals surface area contributed by atoms with Crippen LogP contribution in [-0.4, -0.2) is 28.4 Å². The number of nitrogens with zero attached hydrogens (tertiary/aromatic N) is 1. The Morgan fingerprint density at radius 2 is 2.26 bits per heavy atom. The maximum atomic E-state index is 11.1. The first-order chi connectivity index (χ1) is 8.97. The molecule has 0 atom stereocenters. The number of benzene rings is 1. The minimum absolute atomic E-state index is 0.0399. The summed E-state index contributed by atoms with van der Waals surface area (Å²) in [7, 11) is 0. The molecule has 1 aromatic carbocycles. The Bertz CT molecular complexity index is 529. The normalized spacial score (nSPS) is 15.8. The fourth-order valence-corrected chi connectivity index (χ4v) is 2.57. The first-order valence-corrected chi connectivity index (χ1v) is 7.07. The Labute approximate surface area is 114 Å². The Kier molecular flexibility index (Phi) is 3.66. The van der Waals surface area contributed by atoms with E-state index in [1.165, 1.54) is 18.2 Å². The number of hydrogen-bond donors (Lipinski definition) is 2. The minimum atomic E-state index is -0.594. The number of carbonyl (C=O) groups excluding carboxylic acids is 1. The maximum absolute atomic E-state index is 11.1. The van der Waals surface area contributed by atoms with Crippen molar-refractivity contribution in [2.75, 3.05) is 18.1 Å². The molecule has 0 bridgehead atoms. The topological polar surface area (TPSA) is 98.3 Å². The number of rotatable bonds is 6. The Morgan fingerprint density at radius 3 is 2.74 bits per heavy atom. The van der Waals surface area contributed by atoms with Crippen molar-refractivity contribution in [2.45, 2.75) is 17.6 Å². The van der Waals surface area contributed by atoms with Gasteiger partial charge in [-0.3, -0.25) is 14.9 Å². The van der Waals surface area contributed by atoms with Gasteiger partial charge in [0.1, 0.15) is 5.69 Å². The first kappa shape index (κ1) is 13.7. The van der Waals surface area contributed by atoms with E-state index in [1.807, 2.05) is 6.26 Å². The van der Waals surface area contributed by atoms with E-state index >= 15 is 0 Å². The molecule has 6 nitrogen and oxygen atoms in total. The van der Waals surface area contributed by atoms with Gasteiger partial charge in [-0.2, -0.15) is 11.8 Å². The third kappa shape index (κ3) is 2.98. The quantitative estimate of drug-likeness (QED) is 0.614. The number of nitrogens with two attached hydrogens (primary N) is 1. The van der Waals surface area contributed by atoms with Crippen molar-refractivity contribution in [3.8, 4) is 0 Å². The predicted octanol–water partition coefficient (Wildman–Crippen LogP) is 2.00. The van der Waals surface area contributed by atoms with Crippen LogP contribution in [0.3, 0.4) is 0 Å². The lowest BCUT2D eigenvalue weighted by Crippen LogP contribution is -2.19. The summed E-state index contributed by atoms with van der Waals surface area (Å²) in [6.45, 7) is 0.650. The van der Waals surface area contributed by atoms with E-state index in [0.717, 1.165) is 12.8 Å². The Balaban J connectivity index is 2.22. The standard InChI is InChI=1S/C12H15N3O3S/c1-19-12(4-5-12)7-14-9-6-8(11(13)16)2-3-10(9)15(17)18/h2-3,6,14H,4-5,7H2,1H3,(H2,13,16). The van der Waals surface area contributed by atoms with Gasteiger partial charge in [0.15, 0.2) is 0 Å². The van der Waals surface area contributed by atoms with Gasteiger partial charge >= 0.3 is 0 Å². The molecule has 1 saturated carbocycles. The maximum Gasteiger partial charge on any atom is 0.292 e. The number of nitrogens with one attached hydrogen (secondary N) is 1. The number of amides is 1. The second-order valence-corrected chi connectivity index (χ2v) is 5.87. The van der Waals surface area contributed by atoms with Crippen LogP contribution in [0.4, 0.5) is 11.4 Å². The molecule has 102 valence electrons. The van der Waals surface area contributed by atoms with E-state index in [1.54, 1.807) is 11.8 Å². The molecule has 1 fully saturated rings. The molecule has 0 unspecified atom stereocenters. The largest absolute Gasteiger partial charge is 0.378 e. The van der Waals surface area contributed by atoms with Gasteiger partial charge in [-0.15, -0.1) is 0 Å². The number of thioether (sulfide) groups is 1. The summed E-state index contributed by atoms with van der Waals surface area (Å²) >= 11 is 1.76. The molecule has 0 aromatic heterocycles. The van der Waals surface area contributed by atoms with Crippen molar-refractivity contribution in [3.05, 3.63) is 33.9 Å². The lowest BCUT2D eigenvalue weighted by atomic mass is 10.1. The van der Waals surface area contributed by atoms with Crippen molar-refractivity contribution in [2.24, 2.45) is 5.73 Å². The summed E-state index contributed by atoms with van der Waals surface area (Å²) in [5, 5.41) is 14.0. The summed E-state index contributed by atoms with van der Waals surface area (Å²) in [4.78, 5) is 21.6. The molecule has 0 radical (unpaired) electrons. The van der Waals surface area contributed by atoms with E-state index in [0.29, 0.717) is 12.2 Å². The van der Waals surface area contributed by atoms with E-state index in [2.05, 4.69) is 5.32 Å². The molecular formula is C12H15N3O3S. The molecule has 1 aliphatic rings. The third-order valence-electron chi connectivity index (χ3n) is 3.32. The zero-order valence-electron chi connectivity index (χ0n) is 10.5. The first-order valence-electron chi connectivity index (χ1n) is 5.85. The van der Waals surface area contributed by atoms with Crippen LogP contribution >= 0.6 is 11.8 Å². The van der Waals surface area contributed by atoms with Crippen LogP contribution in [-0.2, 0) is 0 Å². The van der Waals surface area contributed by atoms with E-state index in [4.69, 9.17) is 5.73 Å². The Morgan fingerprint density at radius 1 is 1.58 bits per heavy atom. The highest BCUT2D eigenvalue weighted by Crippen LogP contribution is 2.47. The van der Waals surface area contributed by atoms with Crippen molar-refractivity contribution < 1.29 is 9.72 Å². The average Bonchev–Trinajstić information content (AvgIpc) is 3.16. The minimum Gasteiger partial charge on any atom is -0.378 e. The number of nitro groups is 1. The second-order valence-electron chi connectivity index (χ2n) is 4.59. The highest BCUT2D eigenvalue weighted by molar-refractivity contribution is 8.00.